The van der Waals surface area contributed by atoms with Gasteiger partial charge in [-0.05, 0) is 32.9 Å². The van der Waals surface area contributed by atoms with Gasteiger partial charge in [-0.15, -0.1) is 0 Å². The van der Waals surface area contributed by atoms with Crippen LogP contribution in [0.15, 0.2) is 16.5 Å². The first kappa shape index (κ1) is 13.7. The molecule has 96 valence electrons. The van der Waals surface area contributed by atoms with Gasteiger partial charge in [0.1, 0.15) is 12.4 Å². The van der Waals surface area contributed by atoms with E-state index in [0.29, 0.717) is 19.0 Å². The van der Waals surface area contributed by atoms with Crippen molar-refractivity contribution in [2.75, 3.05) is 13.2 Å². The molecule has 0 aromatic carbocycles. The van der Waals surface area contributed by atoms with E-state index < -0.39 is 5.97 Å². The van der Waals surface area contributed by atoms with Crippen LogP contribution in [0.4, 0.5) is 0 Å². The fourth-order valence-corrected chi connectivity index (χ4v) is 1.15. The van der Waals surface area contributed by atoms with Crippen LogP contribution in [0, 0.1) is 0 Å². The standard InChI is InChI=1S/C12H18O5/c1-12(2,3)16-7-6-15-8-9-4-5-10(17-9)11(13)14/h4-5H,6-8H2,1-3H3,(H,13,14). The molecular formula is C12H18O5. The van der Waals surface area contributed by atoms with Crippen LogP contribution < -0.4 is 0 Å². The van der Waals surface area contributed by atoms with Gasteiger partial charge in [0, 0.05) is 0 Å². The first-order valence-corrected chi connectivity index (χ1v) is 5.42. The first-order chi connectivity index (χ1) is 7.88. The van der Waals surface area contributed by atoms with E-state index >= 15 is 0 Å². The molecular weight excluding hydrogens is 224 g/mol. The van der Waals surface area contributed by atoms with Crippen LogP contribution in [0.5, 0.6) is 0 Å². The SMILES string of the molecule is CC(C)(C)OCCOCc1ccc(C(=O)O)o1. The zero-order valence-electron chi connectivity index (χ0n) is 10.4. The average molecular weight is 242 g/mol. The number of carbonyl (C=O) groups is 1. The zero-order chi connectivity index (χ0) is 12.9. The second kappa shape index (κ2) is 5.84. The summed E-state index contributed by atoms with van der Waals surface area (Å²) in [7, 11) is 0. The molecule has 17 heavy (non-hydrogen) atoms. The quantitative estimate of drug-likeness (QED) is 0.775. The van der Waals surface area contributed by atoms with Crippen molar-refractivity contribution >= 4 is 5.97 Å². The highest BCUT2D eigenvalue weighted by Gasteiger charge is 2.10. The summed E-state index contributed by atoms with van der Waals surface area (Å²) < 4.78 is 15.8. The number of carboxylic acid groups (broad SMARTS) is 1. The van der Waals surface area contributed by atoms with E-state index in [4.69, 9.17) is 19.0 Å². The normalized spacial score (nSPS) is 11.7. The van der Waals surface area contributed by atoms with E-state index in [9.17, 15) is 4.79 Å². The Morgan fingerprint density at radius 3 is 2.59 bits per heavy atom. The molecule has 1 N–H and O–H groups in total. The van der Waals surface area contributed by atoms with Crippen LogP contribution in [-0.4, -0.2) is 29.9 Å². The molecule has 0 unspecified atom stereocenters. The average Bonchev–Trinajstić information content (AvgIpc) is 2.64. The minimum atomic E-state index is -1.08. The van der Waals surface area contributed by atoms with Gasteiger partial charge in [-0.2, -0.15) is 0 Å². The highest BCUT2D eigenvalue weighted by atomic mass is 16.5. The summed E-state index contributed by atoms with van der Waals surface area (Å²) in [5.74, 6) is -0.653. The van der Waals surface area contributed by atoms with Crippen molar-refractivity contribution in [1.29, 1.82) is 0 Å². The number of hydrogen-bond donors (Lipinski definition) is 1. The largest absolute Gasteiger partial charge is 0.475 e. The summed E-state index contributed by atoms with van der Waals surface area (Å²) >= 11 is 0. The predicted molar refractivity (Wildman–Crippen MR) is 61.0 cm³/mol. The Labute approximate surface area is 100 Å². The Kier molecular flexibility index (Phi) is 4.72. The van der Waals surface area contributed by atoms with E-state index in [0.717, 1.165) is 0 Å². The third-order valence-electron chi connectivity index (χ3n) is 1.88. The molecule has 0 fully saturated rings. The molecule has 0 aliphatic heterocycles. The molecule has 1 rings (SSSR count). The summed E-state index contributed by atoms with van der Waals surface area (Å²) in [4.78, 5) is 10.5. The summed E-state index contributed by atoms with van der Waals surface area (Å²) in [6.45, 7) is 7.10. The monoisotopic (exact) mass is 242 g/mol. The van der Waals surface area contributed by atoms with E-state index in [2.05, 4.69) is 0 Å². The molecule has 1 heterocycles. The maximum absolute atomic E-state index is 10.5. The van der Waals surface area contributed by atoms with Crippen LogP contribution >= 0.6 is 0 Å². The molecule has 0 atom stereocenters. The van der Waals surface area contributed by atoms with Gasteiger partial charge in [-0.1, -0.05) is 0 Å². The molecule has 0 saturated heterocycles. The van der Waals surface area contributed by atoms with E-state index in [1.54, 1.807) is 6.07 Å². The Morgan fingerprint density at radius 1 is 1.35 bits per heavy atom. The fourth-order valence-electron chi connectivity index (χ4n) is 1.15. The van der Waals surface area contributed by atoms with Crippen LogP contribution in [0.2, 0.25) is 0 Å². The summed E-state index contributed by atoms with van der Waals surface area (Å²) in [5, 5.41) is 8.64. The number of furan rings is 1. The number of hydrogen-bond acceptors (Lipinski definition) is 4. The first-order valence-electron chi connectivity index (χ1n) is 5.42. The van der Waals surface area contributed by atoms with Gasteiger partial charge >= 0.3 is 5.97 Å². The minimum Gasteiger partial charge on any atom is -0.475 e. The van der Waals surface area contributed by atoms with Crippen molar-refractivity contribution < 1.29 is 23.8 Å². The molecule has 0 spiro atoms. The molecule has 0 aliphatic carbocycles. The second-order valence-electron chi connectivity index (χ2n) is 4.58. The van der Waals surface area contributed by atoms with Gasteiger partial charge in [-0.25, -0.2) is 4.79 Å². The topological polar surface area (TPSA) is 68.9 Å². The number of aromatic carboxylic acids is 1. The molecule has 0 aliphatic rings. The van der Waals surface area contributed by atoms with Gasteiger partial charge in [0.2, 0.25) is 5.76 Å². The van der Waals surface area contributed by atoms with Crippen LogP contribution in [0.1, 0.15) is 37.1 Å². The van der Waals surface area contributed by atoms with Gasteiger partial charge in [-0.3, -0.25) is 0 Å². The molecule has 0 saturated carbocycles. The van der Waals surface area contributed by atoms with E-state index in [-0.39, 0.29) is 18.0 Å². The zero-order valence-corrected chi connectivity index (χ0v) is 10.4. The molecule has 0 bridgehead atoms. The Morgan fingerprint density at radius 2 is 2.06 bits per heavy atom. The predicted octanol–water partition coefficient (Wildman–Crippen LogP) is 2.31. The van der Waals surface area contributed by atoms with Gasteiger partial charge in [0.25, 0.3) is 0 Å². The fraction of sp³-hybridized carbons (Fsp3) is 0.583. The van der Waals surface area contributed by atoms with E-state index in [1.807, 2.05) is 20.8 Å². The number of rotatable bonds is 6. The van der Waals surface area contributed by atoms with Crippen LogP contribution in [0.25, 0.3) is 0 Å². The summed E-state index contributed by atoms with van der Waals surface area (Å²) in [6.07, 6.45) is 0. The second-order valence-corrected chi connectivity index (χ2v) is 4.58. The Hall–Kier alpha value is -1.33. The van der Waals surface area contributed by atoms with Crippen LogP contribution in [0.3, 0.4) is 0 Å². The van der Waals surface area contributed by atoms with Crippen molar-refractivity contribution in [2.24, 2.45) is 0 Å². The van der Waals surface area contributed by atoms with Crippen molar-refractivity contribution in [3.05, 3.63) is 23.7 Å². The molecule has 0 amide bonds. The summed E-state index contributed by atoms with van der Waals surface area (Å²) in [5.41, 5.74) is -0.176. The lowest BCUT2D eigenvalue weighted by Gasteiger charge is -2.19. The molecule has 1 aromatic rings. The highest BCUT2D eigenvalue weighted by molar-refractivity contribution is 5.84. The Bertz CT molecular complexity index is 361. The third-order valence-corrected chi connectivity index (χ3v) is 1.88. The van der Waals surface area contributed by atoms with E-state index in [1.165, 1.54) is 6.07 Å². The number of ether oxygens (including phenoxy) is 2. The number of carboxylic acids is 1. The summed E-state index contributed by atoms with van der Waals surface area (Å²) in [6, 6.07) is 3.00. The maximum atomic E-state index is 10.5. The molecule has 5 nitrogen and oxygen atoms in total. The maximum Gasteiger partial charge on any atom is 0.371 e. The van der Waals surface area contributed by atoms with Crippen molar-refractivity contribution in [1.82, 2.24) is 0 Å². The smallest absolute Gasteiger partial charge is 0.371 e. The Balaban J connectivity index is 2.20. The highest BCUT2D eigenvalue weighted by Crippen LogP contribution is 2.09. The van der Waals surface area contributed by atoms with Crippen molar-refractivity contribution in [3.63, 3.8) is 0 Å². The molecule has 0 radical (unpaired) electrons. The minimum absolute atomic E-state index is 0.0745. The van der Waals surface area contributed by atoms with Gasteiger partial charge in [0.15, 0.2) is 0 Å². The lowest BCUT2D eigenvalue weighted by Crippen LogP contribution is -2.21. The van der Waals surface area contributed by atoms with Crippen LogP contribution in [-0.2, 0) is 16.1 Å². The molecule has 1 aromatic heterocycles. The lowest BCUT2D eigenvalue weighted by molar-refractivity contribution is -0.0395. The van der Waals surface area contributed by atoms with Crippen molar-refractivity contribution in [3.8, 4) is 0 Å². The van der Waals surface area contributed by atoms with Gasteiger partial charge in [0.05, 0.1) is 18.8 Å². The van der Waals surface area contributed by atoms with Crippen molar-refractivity contribution in [2.45, 2.75) is 33.0 Å². The molecule has 5 heteroatoms. The van der Waals surface area contributed by atoms with Gasteiger partial charge < -0.3 is 19.0 Å². The third kappa shape index (κ3) is 5.51. The lowest BCUT2D eigenvalue weighted by atomic mass is 10.2.